The minimum atomic E-state index is 0.521. The van der Waals surface area contributed by atoms with Crippen LogP contribution in [-0.4, -0.2) is 52.5 Å². The number of rotatable bonds is 5. The van der Waals surface area contributed by atoms with Crippen LogP contribution in [-0.2, 0) is 13.1 Å². The highest BCUT2D eigenvalue weighted by Gasteiger charge is 2.34. The monoisotopic (exact) mass is 308 g/mol. The van der Waals surface area contributed by atoms with E-state index >= 15 is 0 Å². The van der Waals surface area contributed by atoms with E-state index in [0.29, 0.717) is 12.1 Å². The van der Waals surface area contributed by atoms with E-state index in [9.17, 15) is 0 Å². The third-order valence-corrected chi connectivity index (χ3v) is 5.59. The Morgan fingerprint density at radius 3 is 3.10 bits per heavy atom. The van der Waals surface area contributed by atoms with Gasteiger partial charge in [-0.2, -0.15) is 0 Å². The molecule has 0 aromatic carbocycles. The molecule has 2 aliphatic heterocycles. The highest BCUT2D eigenvalue weighted by atomic mass is 32.1. The molecule has 21 heavy (non-hydrogen) atoms. The highest BCUT2D eigenvalue weighted by molar-refractivity contribution is 7.09. The lowest BCUT2D eigenvalue weighted by atomic mass is 10.1. The maximum absolute atomic E-state index is 4.80. The van der Waals surface area contributed by atoms with Crippen molar-refractivity contribution in [1.29, 1.82) is 0 Å². The molecule has 3 heterocycles. The van der Waals surface area contributed by atoms with Crippen molar-refractivity contribution in [3.8, 4) is 0 Å². The average Bonchev–Trinajstić information content (AvgIpc) is 3.06. The topological polar surface area (TPSA) is 31.4 Å². The van der Waals surface area contributed by atoms with Gasteiger partial charge in [-0.3, -0.25) is 9.80 Å². The van der Waals surface area contributed by atoms with Crippen LogP contribution >= 0.6 is 11.3 Å². The molecule has 0 spiro atoms. The molecule has 118 valence electrons. The largest absolute Gasteiger partial charge is 0.308 e. The van der Waals surface area contributed by atoms with Gasteiger partial charge in [0.25, 0.3) is 0 Å². The van der Waals surface area contributed by atoms with Crippen LogP contribution in [0.25, 0.3) is 0 Å². The fourth-order valence-electron chi connectivity index (χ4n) is 3.47. The first-order valence-electron chi connectivity index (χ1n) is 8.26. The predicted molar refractivity (Wildman–Crippen MR) is 88.6 cm³/mol. The van der Waals surface area contributed by atoms with E-state index in [0.717, 1.165) is 19.1 Å². The molecule has 1 aromatic heterocycles. The molecule has 2 aliphatic rings. The Morgan fingerprint density at radius 1 is 1.43 bits per heavy atom. The highest BCUT2D eigenvalue weighted by Crippen LogP contribution is 2.25. The molecule has 2 atom stereocenters. The number of nitrogens with zero attached hydrogens (tertiary/aromatic N) is 3. The molecular weight excluding hydrogens is 280 g/mol. The second-order valence-electron chi connectivity index (χ2n) is 6.84. The quantitative estimate of drug-likeness (QED) is 0.904. The van der Waals surface area contributed by atoms with E-state index in [2.05, 4.69) is 41.3 Å². The van der Waals surface area contributed by atoms with Gasteiger partial charge in [-0.1, -0.05) is 13.8 Å². The second kappa shape index (κ2) is 6.73. The van der Waals surface area contributed by atoms with E-state index in [-0.39, 0.29) is 0 Å². The maximum atomic E-state index is 4.80. The number of thiazole rings is 1. The second-order valence-corrected chi connectivity index (χ2v) is 7.78. The van der Waals surface area contributed by atoms with Crippen molar-refractivity contribution in [2.75, 3.05) is 19.6 Å². The van der Waals surface area contributed by atoms with Crippen LogP contribution in [0.5, 0.6) is 0 Å². The van der Waals surface area contributed by atoms with E-state index in [1.165, 1.54) is 43.2 Å². The SMILES string of the molecule is CC(C)NCc1nc(CN2CC3CCCN3CC2C)cs1. The van der Waals surface area contributed by atoms with Gasteiger partial charge >= 0.3 is 0 Å². The standard InChI is InChI=1S/C16H28N4S/c1-12(2)17-7-16-18-14(11-21-16)9-20-10-15-5-4-6-19(15)8-13(20)3/h11-13,15,17H,4-10H2,1-3H3. The number of aromatic nitrogens is 1. The predicted octanol–water partition coefficient (Wildman–Crippen LogP) is 2.31. The molecule has 1 aromatic rings. The lowest BCUT2D eigenvalue weighted by Crippen LogP contribution is -2.54. The van der Waals surface area contributed by atoms with Gasteiger partial charge in [0, 0.05) is 49.7 Å². The first kappa shape index (κ1) is 15.4. The van der Waals surface area contributed by atoms with E-state index in [1.807, 2.05) is 0 Å². The third kappa shape index (κ3) is 3.83. The molecule has 2 unspecified atom stereocenters. The Kier molecular flexibility index (Phi) is 4.94. The van der Waals surface area contributed by atoms with Gasteiger partial charge < -0.3 is 5.32 Å². The normalized spacial score (nSPS) is 27.4. The number of fused-ring (bicyclic) bond motifs is 1. The number of nitrogens with one attached hydrogen (secondary N) is 1. The molecule has 0 aliphatic carbocycles. The zero-order valence-electron chi connectivity index (χ0n) is 13.5. The van der Waals surface area contributed by atoms with Crippen LogP contribution in [0.2, 0.25) is 0 Å². The third-order valence-electron chi connectivity index (χ3n) is 4.69. The van der Waals surface area contributed by atoms with Gasteiger partial charge in [0.15, 0.2) is 0 Å². The van der Waals surface area contributed by atoms with Gasteiger partial charge in [0.05, 0.1) is 5.69 Å². The Balaban J connectivity index is 1.56. The van der Waals surface area contributed by atoms with Crippen molar-refractivity contribution in [3.05, 3.63) is 16.1 Å². The van der Waals surface area contributed by atoms with Crippen molar-refractivity contribution in [3.63, 3.8) is 0 Å². The minimum Gasteiger partial charge on any atom is -0.308 e. The van der Waals surface area contributed by atoms with Crippen molar-refractivity contribution < 1.29 is 0 Å². The van der Waals surface area contributed by atoms with Crippen LogP contribution in [0.4, 0.5) is 0 Å². The van der Waals surface area contributed by atoms with E-state index < -0.39 is 0 Å². The van der Waals surface area contributed by atoms with Crippen molar-refractivity contribution in [2.24, 2.45) is 0 Å². The van der Waals surface area contributed by atoms with Crippen molar-refractivity contribution >= 4 is 11.3 Å². The van der Waals surface area contributed by atoms with Gasteiger partial charge in [-0.05, 0) is 26.3 Å². The summed E-state index contributed by atoms with van der Waals surface area (Å²) in [5.74, 6) is 0. The van der Waals surface area contributed by atoms with Crippen molar-refractivity contribution in [1.82, 2.24) is 20.1 Å². The molecule has 0 saturated carbocycles. The molecule has 2 fully saturated rings. The van der Waals surface area contributed by atoms with Crippen LogP contribution in [0.3, 0.4) is 0 Å². The molecule has 4 nitrogen and oxygen atoms in total. The van der Waals surface area contributed by atoms with E-state index in [4.69, 9.17) is 4.98 Å². The Bertz CT molecular complexity index is 459. The van der Waals surface area contributed by atoms with Crippen LogP contribution in [0.1, 0.15) is 44.3 Å². The summed E-state index contributed by atoms with van der Waals surface area (Å²) in [4.78, 5) is 10.1. The smallest absolute Gasteiger partial charge is 0.107 e. The zero-order valence-corrected chi connectivity index (χ0v) is 14.3. The van der Waals surface area contributed by atoms with Gasteiger partial charge in [0.1, 0.15) is 5.01 Å². The van der Waals surface area contributed by atoms with Gasteiger partial charge in [-0.25, -0.2) is 4.98 Å². The molecule has 0 bridgehead atoms. The van der Waals surface area contributed by atoms with Crippen LogP contribution in [0, 0.1) is 0 Å². The molecule has 0 radical (unpaired) electrons. The summed E-state index contributed by atoms with van der Waals surface area (Å²) in [5, 5.41) is 6.90. The fourth-order valence-corrected chi connectivity index (χ4v) is 4.21. The molecule has 3 rings (SSSR count). The summed E-state index contributed by atoms with van der Waals surface area (Å²) in [6.45, 7) is 12.4. The first-order chi connectivity index (χ1) is 10.1. The Labute approximate surface area is 132 Å². The first-order valence-corrected chi connectivity index (χ1v) is 9.14. The van der Waals surface area contributed by atoms with Crippen molar-refractivity contribution in [2.45, 2.75) is 64.8 Å². The van der Waals surface area contributed by atoms with Gasteiger partial charge in [-0.15, -0.1) is 11.3 Å². The lowest BCUT2D eigenvalue weighted by molar-refractivity contribution is 0.0533. The Morgan fingerprint density at radius 2 is 2.29 bits per heavy atom. The van der Waals surface area contributed by atoms with Gasteiger partial charge in [0.2, 0.25) is 0 Å². The molecule has 0 amide bonds. The number of hydrogen-bond acceptors (Lipinski definition) is 5. The summed E-state index contributed by atoms with van der Waals surface area (Å²) >= 11 is 1.79. The van der Waals surface area contributed by atoms with E-state index in [1.54, 1.807) is 11.3 Å². The number of hydrogen-bond donors (Lipinski definition) is 1. The molecule has 2 saturated heterocycles. The average molecular weight is 308 g/mol. The summed E-state index contributed by atoms with van der Waals surface area (Å²) in [5.41, 5.74) is 1.25. The summed E-state index contributed by atoms with van der Waals surface area (Å²) in [6.07, 6.45) is 2.76. The lowest BCUT2D eigenvalue weighted by Gasteiger charge is -2.42. The Hall–Kier alpha value is -0.490. The summed E-state index contributed by atoms with van der Waals surface area (Å²) in [7, 11) is 0. The number of piperazine rings is 1. The molecule has 1 N–H and O–H groups in total. The zero-order chi connectivity index (χ0) is 14.8. The maximum Gasteiger partial charge on any atom is 0.107 e. The summed E-state index contributed by atoms with van der Waals surface area (Å²) in [6, 6.07) is 1.97. The molecular formula is C16H28N4S. The summed E-state index contributed by atoms with van der Waals surface area (Å²) < 4.78 is 0. The van der Waals surface area contributed by atoms with Crippen LogP contribution in [0.15, 0.2) is 5.38 Å². The molecule has 5 heteroatoms. The minimum absolute atomic E-state index is 0.521. The van der Waals surface area contributed by atoms with Crippen LogP contribution < -0.4 is 5.32 Å². The fraction of sp³-hybridized carbons (Fsp3) is 0.812.